The molecule has 0 radical (unpaired) electrons. The molecule has 1 aliphatic heterocycles. The predicted molar refractivity (Wildman–Crippen MR) is 80.8 cm³/mol. The SMILES string of the molecule is COCCC(=O)N1CCCN(C(=O)C2CCCCC2)CC1. The van der Waals surface area contributed by atoms with Gasteiger partial charge >= 0.3 is 0 Å². The third kappa shape index (κ3) is 4.70. The minimum Gasteiger partial charge on any atom is -0.384 e. The zero-order valence-corrected chi connectivity index (χ0v) is 13.2. The number of amides is 2. The second-order valence-corrected chi connectivity index (χ2v) is 6.14. The molecular formula is C16H28N2O3. The average Bonchev–Trinajstić information content (AvgIpc) is 2.79. The summed E-state index contributed by atoms with van der Waals surface area (Å²) in [6.07, 6.45) is 7.06. The molecule has 0 unspecified atom stereocenters. The van der Waals surface area contributed by atoms with Gasteiger partial charge in [0, 0.05) is 39.2 Å². The molecule has 1 aliphatic carbocycles. The van der Waals surface area contributed by atoms with Gasteiger partial charge in [0.05, 0.1) is 13.0 Å². The van der Waals surface area contributed by atoms with Crippen molar-refractivity contribution in [1.29, 1.82) is 0 Å². The summed E-state index contributed by atoms with van der Waals surface area (Å²) in [6, 6.07) is 0. The minimum absolute atomic E-state index is 0.142. The Morgan fingerprint density at radius 3 is 2.33 bits per heavy atom. The van der Waals surface area contributed by atoms with E-state index < -0.39 is 0 Å². The summed E-state index contributed by atoms with van der Waals surface area (Å²) < 4.78 is 4.96. The van der Waals surface area contributed by atoms with Gasteiger partial charge in [0.2, 0.25) is 11.8 Å². The maximum absolute atomic E-state index is 12.6. The lowest BCUT2D eigenvalue weighted by molar-refractivity contribution is -0.137. The molecule has 1 saturated carbocycles. The summed E-state index contributed by atoms with van der Waals surface area (Å²) in [5, 5.41) is 0. The van der Waals surface area contributed by atoms with Gasteiger partial charge in [0.25, 0.3) is 0 Å². The van der Waals surface area contributed by atoms with Crippen LogP contribution >= 0.6 is 0 Å². The number of nitrogens with zero attached hydrogens (tertiary/aromatic N) is 2. The Morgan fingerprint density at radius 2 is 1.62 bits per heavy atom. The summed E-state index contributed by atoms with van der Waals surface area (Å²) >= 11 is 0. The monoisotopic (exact) mass is 296 g/mol. The molecule has 0 aromatic carbocycles. The third-order valence-electron chi connectivity index (χ3n) is 4.63. The van der Waals surface area contributed by atoms with Gasteiger partial charge in [0.1, 0.15) is 0 Å². The van der Waals surface area contributed by atoms with Gasteiger partial charge in [-0.05, 0) is 19.3 Å². The van der Waals surface area contributed by atoms with Crippen LogP contribution < -0.4 is 0 Å². The van der Waals surface area contributed by atoms with Gasteiger partial charge in [-0.2, -0.15) is 0 Å². The molecule has 2 fully saturated rings. The molecule has 0 spiro atoms. The molecule has 0 aromatic heterocycles. The van der Waals surface area contributed by atoms with Crippen molar-refractivity contribution in [2.45, 2.75) is 44.9 Å². The van der Waals surface area contributed by atoms with Crippen molar-refractivity contribution in [3.8, 4) is 0 Å². The van der Waals surface area contributed by atoms with Crippen molar-refractivity contribution < 1.29 is 14.3 Å². The van der Waals surface area contributed by atoms with Crippen LogP contribution in [0, 0.1) is 5.92 Å². The van der Waals surface area contributed by atoms with Gasteiger partial charge in [-0.1, -0.05) is 19.3 Å². The number of carbonyl (C=O) groups excluding carboxylic acids is 2. The van der Waals surface area contributed by atoms with Crippen LogP contribution in [0.1, 0.15) is 44.9 Å². The molecule has 0 aromatic rings. The summed E-state index contributed by atoms with van der Waals surface area (Å²) in [6.45, 7) is 3.38. The van der Waals surface area contributed by atoms with E-state index in [2.05, 4.69) is 0 Å². The molecule has 2 rings (SSSR count). The van der Waals surface area contributed by atoms with Crippen molar-refractivity contribution in [3.05, 3.63) is 0 Å². The van der Waals surface area contributed by atoms with E-state index in [9.17, 15) is 9.59 Å². The number of hydrogen-bond acceptors (Lipinski definition) is 3. The zero-order valence-electron chi connectivity index (χ0n) is 13.2. The molecule has 1 saturated heterocycles. The predicted octanol–water partition coefficient (Wildman–Crippen LogP) is 1.66. The highest BCUT2D eigenvalue weighted by molar-refractivity contribution is 5.79. The first-order valence-corrected chi connectivity index (χ1v) is 8.28. The first-order valence-electron chi connectivity index (χ1n) is 8.28. The van der Waals surface area contributed by atoms with E-state index in [4.69, 9.17) is 4.74 Å². The number of ether oxygens (including phenoxy) is 1. The molecule has 5 nitrogen and oxygen atoms in total. The van der Waals surface area contributed by atoms with Crippen LogP contribution in [0.5, 0.6) is 0 Å². The lowest BCUT2D eigenvalue weighted by atomic mass is 9.88. The summed E-state index contributed by atoms with van der Waals surface area (Å²) in [7, 11) is 1.61. The Labute approximate surface area is 127 Å². The Kier molecular flexibility index (Phi) is 6.49. The first kappa shape index (κ1) is 16.3. The molecule has 2 aliphatic rings. The van der Waals surface area contributed by atoms with Gasteiger partial charge < -0.3 is 14.5 Å². The summed E-state index contributed by atoms with van der Waals surface area (Å²) in [5.74, 6) is 0.694. The fourth-order valence-corrected chi connectivity index (χ4v) is 3.34. The van der Waals surface area contributed by atoms with E-state index in [-0.39, 0.29) is 11.8 Å². The third-order valence-corrected chi connectivity index (χ3v) is 4.63. The number of hydrogen-bond donors (Lipinski definition) is 0. The minimum atomic E-state index is 0.142. The van der Waals surface area contributed by atoms with Crippen LogP contribution in [0.2, 0.25) is 0 Å². The van der Waals surface area contributed by atoms with E-state index in [0.29, 0.717) is 32.0 Å². The normalized spacial score (nSPS) is 21.2. The second kappa shape index (κ2) is 8.37. The Balaban J connectivity index is 1.82. The van der Waals surface area contributed by atoms with Gasteiger partial charge in [0.15, 0.2) is 0 Å². The summed E-state index contributed by atoms with van der Waals surface area (Å²) in [4.78, 5) is 28.5. The fraction of sp³-hybridized carbons (Fsp3) is 0.875. The molecule has 0 atom stereocenters. The van der Waals surface area contributed by atoms with Gasteiger partial charge in [-0.25, -0.2) is 0 Å². The molecule has 5 heteroatoms. The van der Waals surface area contributed by atoms with Crippen LogP contribution in [0.15, 0.2) is 0 Å². The Morgan fingerprint density at radius 1 is 0.952 bits per heavy atom. The fourth-order valence-electron chi connectivity index (χ4n) is 3.34. The van der Waals surface area contributed by atoms with E-state index in [1.807, 2.05) is 9.80 Å². The van der Waals surface area contributed by atoms with Gasteiger partial charge in [-0.3, -0.25) is 9.59 Å². The smallest absolute Gasteiger partial charge is 0.225 e. The van der Waals surface area contributed by atoms with Crippen LogP contribution in [0.4, 0.5) is 0 Å². The highest BCUT2D eigenvalue weighted by atomic mass is 16.5. The van der Waals surface area contributed by atoms with Crippen molar-refractivity contribution in [2.75, 3.05) is 39.9 Å². The molecule has 120 valence electrons. The van der Waals surface area contributed by atoms with E-state index in [1.54, 1.807) is 7.11 Å². The standard InChI is InChI=1S/C16H28N2O3/c1-21-13-8-15(19)17-9-5-10-18(12-11-17)16(20)14-6-3-2-4-7-14/h14H,2-13H2,1H3. The topological polar surface area (TPSA) is 49.9 Å². The number of rotatable bonds is 4. The Bertz CT molecular complexity index is 353. The molecule has 0 bridgehead atoms. The van der Waals surface area contributed by atoms with Crippen LogP contribution in [0.3, 0.4) is 0 Å². The molecular weight excluding hydrogens is 268 g/mol. The number of carbonyl (C=O) groups is 2. The quantitative estimate of drug-likeness (QED) is 0.793. The van der Waals surface area contributed by atoms with E-state index >= 15 is 0 Å². The van der Waals surface area contributed by atoms with E-state index in [1.165, 1.54) is 19.3 Å². The molecule has 2 amide bonds. The maximum atomic E-state index is 12.6. The van der Waals surface area contributed by atoms with Gasteiger partial charge in [-0.15, -0.1) is 0 Å². The Hall–Kier alpha value is -1.10. The van der Waals surface area contributed by atoms with Crippen molar-refractivity contribution in [3.63, 3.8) is 0 Å². The molecule has 0 N–H and O–H groups in total. The highest BCUT2D eigenvalue weighted by Gasteiger charge is 2.28. The second-order valence-electron chi connectivity index (χ2n) is 6.14. The lowest BCUT2D eigenvalue weighted by Gasteiger charge is -2.28. The van der Waals surface area contributed by atoms with Crippen molar-refractivity contribution in [1.82, 2.24) is 9.80 Å². The molecule has 21 heavy (non-hydrogen) atoms. The largest absolute Gasteiger partial charge is 0.384 e. The van der Waals surface area contributed by atoms with E-state index in [0.717, 1.165) is 32.4 Å². The van der Waals surface area contributed by atoms with Crippen LogP contribution in [-0.4, -0.2) is 61.5 Å². The average molecular weight is 296 g/mol. The first-order chi connectivity index (χ1) is 10.2. The van der Waals surface area contributed by atoms with Crippen molar-refractivity contribution in [2.24, 2.45) is 5.92 Å². The van der Waals surface area contributed by atoms with Crippen molar-refractivity contribution >= 4 is 11.8 Å². The zero-order chi connectivity index (χ0) is 15.1. The lowest BCUT2D eigenvalue weighted by Crippen LogP contribution is -2.40. The summed E-state index contributed by atoms with van der Waals surface area (Å²) in [5.41, 5.74) is 0. The molecule has 1 heterocycles. The van der Waals surface area contributed by atoms with Crippen LogP contribution in [0.25, 0.3) is 0 Å². The van der Waals surface area contributed by atoms with Crippen LogP contribution in [-0.2, 0) is 14.3 Å². The highest BCUT2D eigenvalue weighted by Crippen LogP contribution is 2.25. The maximum Gasteiger partial charge on any atom is 0.225 e. The number of methoxy groups -OCH3 is 1.